The molecule has 74 valence electrons. The van der Waals surface area contributed by atoms with Gasteiger partial charge in [0.1, 0.15) is 0 Å². The highest BCUT2D eigenvalue weighted by atomic mass is 32.2. The van der Waals surface area contributed by atoms with Crippen molar-refractivity contribution in [2.24, 2.45) is 0 Å². The normalized spacial score (nSPS) is 15.5. The monoisotopic (exact) mass is 217 g/mol. The fourth-order valence-electron chi connectivity index (χ4n) is 1.06. The van der Waals surface area contributed by atoms with Crippen LogP contribution in [0.5, 0.6) is 0 Å². The van der Waals surface area contributed by atoms with Gasteiger partial charge >= 0.3 is 0 Å². The van der Waals surface area contributed by atoms with Gasteiger partial charge in [-0.3, -0.25) is 4.21 Å². The first kappa shape index (κ1) is 10.9. The number of hydrogen-bond acceptors (Lipinski definition) is 3. The zero-order chi connectivity index (χ0) is 9.68. The summed E-state index contributed by atoms with van der Waals surface area (Å²) in [7, 11) is -0.688. The van der Waals surface area contributed by atoms with Crippen molar-refractivity contribution >= 4 is 22.1 Å². The maximum Gasteiger partial charge on any atom is 0.0386 e. The third kappa shape index (κ3) is 4.02. The van der Waals surface area contributed by atoms with E-state index in [0.717, 1.165) is 12.3 Å². The van der Waals surface area contributed by atoms with E-state index in [1.807, 2.05) is 0 Å². The molecule has 0 aliphatic rings. The Hall–Kier alpha value is -0.190. The summed E-state index contributed by atoms with van der Waals surface area (Å²) in [6.07, 6.45) is 1.73. The molecule has 2 nitrogen and oxygen atoms in total. The van der Waals surface area contributed by atoms with Crippen molar-refractivity contribution in [2.75, 3.05) is 18.6 Å². The molecule has 1 N–H and O–H groups in total. The first-order valence-electron chi connectivity index (χ1n) is 4.27. The SMILES string of the molecule is CC(NCCS(C)=O)c1cccs1. The van der Waals surface area contributed by atoms with Gasteiger partial charge in [-0.25, -0.2) is 0 Å². The van der Waals surface area contributed by atoms with Gasteiger partial charge in [-0.05, 0) is 18.4 Å². The molecule has 0 fully saturated rings. The Kier molecular flexibility index (Phi) is 4.62. The molecule has 0 aliphatic heterocycles. The largest absolute Gasteiger partial charge is 0.309 e. The molecule has 0 amide bonds. The van der Waals surface area contributed by atoms with Gasteiger partial charge in [0, 0.05) is 40.3 Å². The van der Waals surface area contributed by atoms with Crippen molar-refractivity contribution in [3.8, 4) is 0 Å². The van der Waals surface area contributed by atoms with Crippen molar-refractivity contribution in [1.82, 2.24) is 5.32 Å². The van der Waals surface area contributed by atoms with E-state index in [1.165, 1.54) is 4.88 Å². The molecular formula is C9H15NOS2. The summed E-state index contributed by atoms with van der Waals surface area (Å²) < 4.78 is 10.8. The van der Waals surface area contributed by atoms with Gasteiger partial charge in [0.2, 0.25) is 0 Å². The topological polar surface area (TPSA) is 29.1 Å². The summed E-state index contributed by atoms with van der Waals surface area (Å²) in [6.45, 7) is 2.95. The smallest absolute Gasteiger partial charge is 0.0386 e. The van der Waals surface area contributed by atoms with E-state index in [4.69, 9.17) is 0 Å². The lowest BCUT2D eigenvalue weighted by Gasteiger charge is -2.10. The molecule has 1 aromatic rings. The van der Waals surface area contributed by atoms with Crippen LogP contribution in [0, 0.1) is 0 Å². The Balaban J connectivity index is 2.26. The lowest BCUT2D eigenvalue weighted by Crippen LogP contribution is -2.22. The van der Waals surface area contributed by atoms with Crippen LogP contribution in [0.1, 0.15) is 17.8 Å². The van der Waals surface area contributed by atoms with Crippen molar-refractivity contribution in [2.45, 2.75) is 13.0 Å². The average Bonchev–Trinajstić information content (AvgIpc) is 2.55. The molecule has 0 saturated carbocycles. The maximum absolute atomic E-state index is 10.8. The molecule has 13 heavy (non-hydrogen) atoms. The van der Waals surface area contributed by atoms with E-state index in [1.54, 1.807) is 17.6 Å². The van der Waals surface area contributed by atoms with Crippen LogP contribution in [-0.4, -0.2) is 22.8 Å². The zero-order valence-electron chi connectivity index (χ0n) is 7.95. The third-order valence-corrected chi connectivity index (χ3v) is 3.64. The third-order valence-electron chi connectivity index (χ3n) is 1.81. The molecule has 0 aromatic carbocycles. The highest BCUT2D eigenvalue weighted by Crippen LogP contribution is 2.17. The van der Waals surface area contributed by atoms with Gasteiger partial charge in [-0.1, -0.05) is 6.07 Å². The Morgan fingerprint density at radius 2 is 2.46 bits per heavy atom. The van der Waals surface area contributed by atoms with Gasteiger partial charge in [-0.15, -0.1) is 11.3 Å². The molecular weight excluding hydrogens is 202 g/mol. The van der Waals surface area contributed by atoms with Gasteiger partial charge in [0.05, 0.1) is 0 Å². The van der Waals surface area contributed by atoms with Gasteiger partial charge in [-0.2, -0.15) is 0 Å². The minimum absolute atomic E-state index is 0.378. The van der Waals surface area contributed by atoms with E-state index in [2.05, 4.69) is 29.8 Å². The first-order chi connectivity index (χ1) is 6.20. The van der Waals surface area contributed by atoms with E-state index in [0.29, 0.717) is 6.04 Å². The summed E-state index contributed by atoms with van der Waals surface area (Å²) in [5.74, 6) is 0.732. The van der Waals surface area contributed by atoms with E-state index < -0.39 is 10.8 Å². The summed E-state index contributed by atoms with van der Waals surface area (Å²) >= 11 is 1.75. The Labute approximate surface area is 85.8 Å². The standard InChI is InChI=1S/C9H15NOS2/c1-8(9-4-3-6-12-9)10-5-7-13(2)11/h3-4,6,8,10H,5,7H2,1-2H3. The summed E-state index contributed by atoms with van der Waals surface area (Å²) in [5, 5.41) is 5.41. The van der Waals surface area contributed by atoms with Crippen LogP contribution >= 0.6 is 11.3 Å². The lowest BCUT2D eigenvalue weighted by atomic mass is 10.3. The predicted octanol–water partition coefficient (Wildman–Crippen LogP) is 1.78. The van der Waals surface area contributed by atoms with Crippen molar-refractivity contribution in [1.29, 1.82) is 0 Å². The second kappa shape index (κ2) is 5.52. The molecule has 4 heteroatoms. The van der Waals surface area contributed by atoms with Crippen LogP contribution in [0.4, 0.5) is 0 Å². The zero-order valence-corrected chi connectivity index (χ0v) is 9.58. The lowest BCUT2D eigenvalue weighted by molar-refractivity contribution is 0.605. The van der Waals surface area contributed by atoms with E-state index >= 15 is 0 Å². The second-order valence-electron chi connectivity index (χ2n) is 2.97. The summed E-state index contributed by atoms with van der Waals surface area (Å²) in [6, 6.07) is 4.55. The first-order valence-corrected chi connectivity index (χ1v) is 6.87. The van der Waals surface area contributed by atoms with Gasteiger partial charge in [0.25, 0.3) is 0 Å². The number of nitrogens with one attached hydrogen (secondary N) is 1. The molecule has 0 spiro atoms. The number of rotatable bonds is 5. The number of hydrogen-bond donors (Lipinski definition) is 1. The highest BCUT2D eigenvalue weighted by Gasteiger charge is 2.04. The maximum atomic E-state index is 10.8. The van der Waals surface area contributed by atoms with Crippen LogP contribution in [0.2, 0.25) is 0 Å². The summed E-state index contributed by atoms with van der Waals surface area (Å²) in [4.78, 5) is 1.34. The van der Waals surface area contributed by atoms with E-state index in [9.17, 15) is 4.21 Å². The van der Waals surface area contributed by atoms with Crippen LogP contribution in [-0.2, 0) is 10.8 Å². The Bertz CT molecular complexity index is 259. The molecule has 2 unspecified atom stereocenters. The van der Waals surface area contributed by atoms with Crippen molar-refractivity contribution < 1.29 is 4.21 Å². The van der Waals surface area contributed by atoms with Crippen LogP contribution in [0.25, 0.3) is 0 Å². The Morgan fingerprint density at radius 1 is 1.69 bits per heavy atom. The molecule has 0 aliphatic carbocycles. The fraction of sp³-hybridized carbons (Fsp3) is 0.556. The number of thiophene rings is 1. The molecule has 1 heterocycles. The van der Waals surface area contributed by atoms with Crippen LogP contribution in [0.3, 0.4) is 0 Å². The molecule has 1 aromatic heterocycles. The predicted molar refractivity (Wildman–Crippen MR) is 59.7 cm³/mol. The molecule has 2 atom stereocenters. The average molecular weight is 217 g/mol. The Morgan fingerprint density at radius 3 is 3.00 bits per heavy atom. The van der Waals surface area contributed by atoms with Gasteiger partial charge in [0.15, 0.2) is 0 Å². The van der Waals surface area contributed by atoms with Crippen LogP contribution < -0.4 is 5.32 Å². The minimum Gasteiger partial charge on any atom is -0.309 e. The van der Waals surface area contributed by atoms with Crippen LogP contribution in [0.15, 0.2) is 17.5 Å². The summed E-state index contributed by atoms with van der Waals surface area (Å²) in [5.41, 5.74) is 0. The van der Waals surface area contributed by atoms with Gasteiger partial charge < -0.3 is 5.32 Å². The van der Waals surface area contributed by atoms with Crippen molar-refractivity contribution in [3.05, 3.63) is 22.4 Å². The van der Waals surface area contributed by atoms with E-state index in [-0.39, 0.29) is 0 Å². The minimum atomic E-state index is -0.688. The molecule has 0 radical (unpaired) electrons. The molecule has 1 rings (SSSR count). The molecule has 0 bridgehead atoms. The highest BCUT2D eigenvalue weighted by molar-refractivity contribution is 7.84. The quantitative estimate of drug-likeness (QED) is 0.814. The second-order valence-corrected chi connectivity index (χ2v) is 5.50. The fourth-order valence-corrected chi connectivity index (χ4v) is 2.22. The molecule has 0 saturated heterocycles. The van der Waals surface area contributed by atoms with Crippen molar-refractivity contribution in [3.63, 3.8) is 0 Å².